The predicted molar refractivity (Wildman–Crippen MR) is 115 cm³/mol. The molecule has 4 aromatic rings. The summed E-state index contributed by atoms with van der Waals surface area (Å²) in [5.41, 5.74) is 6.96. The summed E-state index contributed by atoms with van der Waals surface area (Å²) in [7, 11) is 2.22. The van der Waals surface area contributed by atoms with Crippen molar-refractivity contribution in [1.29, 1.82) is 0 Å². The lowest BCUT2D eigenvalue weighted by molar-refractivity contribution is 0.387. The van der Waals surface area contributed by atoms with Crippen LogP contribution in [0.3, 0.4) is 0 Å². The number of aromatic amines is 1. The zero-order valence-electron chi connectivity index (χ0n) is 16.1. The molecule has 0 bridgehead atoms. The average molecular weight is 404 g/mol. The van der Waals surface area contributed by atoms with Gasteiger partial charge in [-0.15, -0.1) is 21.5 Å². The molecule has 5 heterocycles. The standard InChI is InChI=1S/C21H21N7S/c1-27-8-14-10-28(11-15(14)9-27)19-5-4-18(25-26-19)17-3-2-16(13-6-23-24-7-13)20-21(17)29-12-22-20/h2-7,12,14-15H,8-11H2,1H3,(H,23,24). The second-order valence-electron chi connectivity index (χ2n) is 8.10. The van der Waals surface area contributed by atoms with Gasteiger partial charge in [0.15, 0.2) is 5.82 Å². The van der Waals surface area contributed by atoms with Crippen molar-refractivity contribution in [3.8, 4) is 22.4 Å². The number of nitrogens with zero attached hydrogens (tertiary/aromatic N) is 6. The Morgan fingerprint density at radius 2 is 1.83 bits per heavy atom. The molecule has 0 aliphatic carbocycles. The van der Waals surface area contributed by atoms with Gasteiger partial charge in [-0.25, -0.2) is 4.98 Å². The molecule has 2 unspecified atom stereocenters. The number of benzene rings is 1. The number of thiazole rings is 1. The van der Waals surface area contributed by atoms with Crippen LogP contribution in [0.5, 0.6) is 0 Å². The summed E-state index contributed by atoms with van der Waals surface area (Å²) in [5.74, 6) is 2.50. The second-order valence-corrected chi connectivity index (χ2v) is 8.96. The third-order valence-electron chi connectivity index (χ3n) is 6.21. The molecular formula is C21H21N7S. The molecule has 2 aliphatic rings. The van der Waals surface area contributed by atoms with Crippen LogP contribution < -0.4 is 4.90 Å². The summed E-state index contributed by atoms with van der Waals surface area (Å²) in [6, 6.07) is 8.41. The van der Waals surface area contributed by atoms with Crippen LogP contribution in [0.4, 0.5) is 5.82 Å². The molecule has 0 radical (unpaired) electrons. The number of rotatable bonds is 3. The minimum Gasteiger partial charge on any atom is -0.354 e. The first-order chi connectivity index (χ1) is 14.3. The fraction of sp³-hybridized carbons (Fsp3) is 0.333. The summed E-state index contributed by atoms with van der Waals surface area (Å²) in [6.07, 6.45) is 3.72. The molecule has 2 atom stereocenters. The maximum atomic E-state index is 4.60. The maximum Gasteiger partial charge on any atom is 0.151 e. The van der Waals surface area contributed by atoms with E-state index in [4.69, 9.17) is 0 Å². The van der Waals surface area contributed by atoms with Crippen molar-refractivity contribution >= 4 is 27.4 Å². The Kier molecular flexibility index (Phi) is 3.88. The van der Waals surface area contributed by atoms with E-state index < -0.39 is 0 Å². The Labute approximate surface area is 172 Å². The molecule has 0 saturated carbocycles. The van der Waals surface area contributed by atoms with Crippen molar-refractivity contribution in [2.75, 3.05) is 38.1 Å². The Bertz CT molecular complexity index is 1140. The number of anilines is 1. The largest absolute Gasteiger partial charge is 0.354 e. The molecule has 2 aliphatic heterocycles. The lowest BCUT2D eigenvalue weighted by Crippen LogP contribution is -2.27. The van der Waals surface area contributed by atoms with E-state index in [0.717, 1.165) is 63.3 Å². The SMILES string of the molecule is CN1CC2CN(c3ccc(-c4ccc(-c5cn[nH]c5)c5ncsc45)nn3)CC2C1. The smallest absolute Gasteiger partial charge is 0.151 e. The van der Waals surface area contributed by atoms with Gasteiger partial charge in [0.05, 0.1) is 27.6 Å². The highest BCUT2D eigenvalue weighted by Crippen LogP contribution is 2.37. The van der Waals surface area contributed by atoms with Crippen LogP contribution in [0.15, 0.2) is 42.2 Å². The lowest BCUT2D eigenvalue weighted by atomic mass is 10.0. The van der Waals surface area contributed by atoms with Gasteiger partial charge in [-0.1, -0.05) is 12.1 Å². The van der Waals surface area contributed by atoms with E-state index in [9.17, 15) is 0 Å². The third kappa shape index (κ3) is 2.82. The Hall–Kier alpha value is -2.84. The minimum absolute atomic E-state index is 0.758. The van der Waals surface area contributed by atoms with Gasteiger partial charge in [0.25, 0.3) is 0 Å². The van der Waals surface area contributed by atoms with E-state index in [2.05, 4.69) is 66.5 Å². The lowest BCUT2D eigenvalue weighted by Gasteiger charge is -2.19. The van der Waals surface area contributed by atoms with E-state index in [-0.39, 0.29) is 0 Å². The van der Waals surface area contributed by atoms with Gasteiger partial charge in [-0.3, -0.25) is 5.10 Å². The summed E-state index contributed by atoms with van der Waals surface area (Å²) in [6.45, 7) is 4.56. The summed E-state index contributed by atoms with van der Waals surface area (Å²) in [5, 5.41) is 16.1. The number of aromatic nitrogens is 5. The van der Waals surface area contributed by atoms with Crippen LogP contribution >= 0.6 is 11.3 Å². The van der Waals surface area contributed by atoms with Gasteiger partial charge in [-0.2, -0.15) is 5.10 Å². The van der Waals surface area contributed by atoms with Gasteiger partial charge in [0.2, 0.25) is 0 Å². The van der Waals surface area contributed by atoms with Crippen LogP contribution in [-0.4, -0.2) is 63.5 Å². The van der Waals surface area contributed by atoms with Crippen LogP contribution in [0.1, 0.15) is 0 Å². The summed E-state index contributed by atoms with van der Waals surface area (Å²) < 4.78 is 1.13. The van der Waals surface area contributed by atoms with Gasteiger partial charge in [-0.05, 0) is 31.0 Å². The van der Waals surface area contributed by atoms with Crippen LogP contribution in [0.25, 0.3) is 32.6 Å². The quantitative estimate of drug-likeness (QED) is 0.567. The number of H-pyrrole nitrogens is 1. The summed E-state index contributed by atoms with van der Waals surface area (Å²) >= 11 is 1.64. The third-order valence-corrected chi connectivity index (χ3v) is 7.07. The molecule has 2 fully saturated rings. The van der Waals surface area contributed by atoms with Crippen molar-refractivity contribution in [3.05, 3.63) is 42.2 Å². The predicted octanol–water partition coefficient (Wildman–Crippen LogP) is 3.14. The van der Waals surface area contributed by atoms with Crippen molar-refractivity contribution in [2.45, 2.75) is 0 Å². The number of hydrogen-bond acceptors (Lipinski definition) is 7. The molecular weight excluding hydrogens is 382 g/mol. The molecule has 1 aromatic carbocycles. The first-order valence-electron chi connectivity index (χ1n) is 9.89. The topological polar surface area (TPSA) is 73.8 Å². The van der Waals surface area contributed by atoms with E-state index in [0.29, 0.717) is 0 Å². The first kappa shape index (κ1) is 17.1. The molecule has 146 valence electrons. The van der Waals surface area contributed by atoms with E-state index in [1.807, 2.05) is 17.9 Å². The highest BCUT2D eigenvalue weighted by Gasteiger charge is 2.39. The van der Waals surface area contributed by atoms with Crippen LogP contribution in [-0.2, 0) is 0 Å². The fourth-order valence-electron chi connectivity index (χ4n) is 4.84. The highest BCUT2D eigenvalue weighted by molar-refractivity contribution is 7.17. The number of fused-ring (bicyclic) bond motifs is 2. The normalized spacial score (nSPS) is 21.9. The van der Waals surface area contributed by atoms with Crippen molar-refractivity contribution < 1.29 is 0 Å². The fourth-order valence-corrected chi connectivity index (χ4v) is 5.67. The number of hydrogen-bond donors (Lipinski definition) is 1. The second kappa shape index (κ2) is 6.60. The van der Waals surface area contributed by atoms with Crippen molar-refractivity contribution in [3.63, 3.8) is 0 Å². The number of nitrogens with one attached hydrogen (secondary N) is 1. The molecule has 1 N–H and O–H groups in total. The van der Waals surface area contributed by atoms with Crippen molar-refractivity contribution in [2.24, 2.45) is 11.8 Å². The van der Waals surface area contributed by atoms with Crippen LogP contribution in [0, 0.1) is 11.8 Å². The Morgan fingerprint density at radius 1 is 1.00 bits per heavy atom. The Balaban J connectivity index is 1.31. The zero-order valence-corrected chi connectivity index (χ0v) is 16.9. The molecule has 29 heavy (non-hydrogen) atoms. The summed E-state index contributed by atoms with van der Waals surface area (Å²) in [4.78, 5) is 9.43. The minimum atomic E-state index is 0.758. The van der Waals surface area contributed by atoms with Crippen molar-refractivity contribution in [1.82, 2.24) is 30.3 Å². The van der Waals surface area contributed by atoms with Crippen LogP contribution in [0.2, 0.25) is 0 Å². The molecule has 0 spiro atoms. The molecule has 7 nitrogen and oxygen atoms in total. The number of likely N-dealkylation sites (tertiary alicyclic amines) is 1. The molecule has 2 saturated heterocycles. The molecule has 0 amide bonds. The molecule has 6 rings (SSSR count). The molecule has 3 aromatic heterocycles. The van der Waals surface area contributed by atoms with E-state index >= 15 is 0 Å². The average Bonchev–Trinajstić information content (AvgIpc) is 3.51. The van der Waals surface area contributed by atoms with E-state index in [1.165, 1.54) is 13.1 Å². The van der Waals surface area contributed by atoms with Gasteiger partial charge >= 0.3 is 0 Å². The van der Waals surface area contributed by atoms with Gasteiger partial charge in [0, 0.05) is 49.1 Å². The monoisotopic (exact) mass is 403 g/mol. The Morgan fingerprint density at radius 3 is 2.55 bits per heavy atom. The zero-order chi connectivity index (χ0) is 19.4. The van der Waals surface area contributed by atoms with Gasteiger partial charge < -0.3 is 9.80 Å². The maximum absolute atomic E-state index is 4.60. The highest BCUT2D eigenvalue weighted by atomic mass is 32.1. The van der Waals surface area contributed by atoms with E-state index in [1.54, 1.807) is 11.3 Å². The first-order valence-corrected chi connectivity index (χ1v) is 10.8. The molecule has 8 heteroatoms. The van der Waals surface area contributed by atoms with Gasteiger partial charge in [0.1, 0.15) is 0 Å².